The van der Waals surface area contributed by atoms with Crippen molar-refractivity contribution in [1.29, 1.82) is 0 Å². The van der Waals surface area contributed by atoms with Gasteiger partial charge in [0.25, 0.3) is 0 Å². The van der Waals surface area contributed by atoms with Crippen LogP contribution in [0.1, 0.15) is 26.7 Å². The lowest BCUT2D eigenvalue weighted by Crippen LogP contribution is -2.27. The third kappa shape index (κ3) is 1.62. The molecule has 0 aromatic carbocycles. The van der Waals surface area contributed by atoms with Gasteiger partial charge in [0.2, 0.25) is 6.04 Å². The van der Waals surface area contributed by atoms with Gasteiger partial charge in [-0.25, -0.2) is 0 Å². The largest absolute Gasteiger partial charge is 0.300 e. The van der Waals surface area contributed by atoms with Crippen molar-refractivity contribution in [2.24, 2.45) is 11.8 Å². The lowest BCUT2D eigenvalue weighted by atomic mass is 9.92. The van der Waals surface area contributed by atoms with E-state index in [2.05, 4.69) is 0 Å². The molecule has 0 aromatic rings. The van der Waals surface area contributed by atoms with Crippen molar-refractivity contribution in [1.82, 2.24) is 0 Å². The number of nitrogens with zero attached hydrogens (tertiary/aromatic N) is 1. The van der Waals surface area contributed by atoms with E-state index in [0.717, 1.165) is 0 Å². The summed E-state index contributed by atoms with van der Waals surface area (Å²) < 4.78 is 0. The Morgan fingerprint density at radius 2 is 2.17 bits per heavy atom. The first-order chi connectivity index (χ1) is 5.52. The highest BCUT2D eigenvalue weighted by Crippen LogP contribution is 2.32. The van der Waals surface area contributed by atoms with Crippen LogP contribution in [-0.2, 0) is 4.79 Å². The van der Waals surface area contributed by atoms with Gasteiger partial charge >= 0.3 is 0 Å². The van der Waals surface area contributed by atoms with Crippen molar-refractivity contribution in [2.75, 3.05) is 0 Å². The van der Waals surface area contributed by atoms with Crippen molar-refractivity contribution >= 4 is 5.78 Å². The Morgan fingerprint density at radius 3 is 2.50 bits per heavy atom. The van der Waals surface area contributed by atoms with E-state index >= 15 is 0 Å². The van der Waals surface area contributed by atoms with Crippen molar-refractivity contribution in [3.8, 4) is 0 Å². The molecule has 0 bridgehead atoms. The molecular formula is C8H13NO3. The van der Waals surface area contributed by atoms with E-state index in [0.29, 0.717) is 12.8 Å². The van der Waals surface area contributed by atoms with Crippen molar-refractivity contribution in [3.05, 3.63) is 10.1 Å². The average molecular weight is 171 g/mol. The first kappa shape index (κ1) is 9.16. The molecule has 0 saturated heterocycles. The molecule has 1 aliphatic rings. The van der Waals surface area contributed by atoms with Crippen LogP contribution in [0.5, 0.6) is 0 Å². The monoisotopic (exact) mass is 171 g/mol. The van der Waals surface area contributed by atoms with E-state index in [-0.39, 0.29) is 22.5 Å². The van der Waals surface area contributed by atoms with Crippen LogP contribution in [0, 0.1) is 22.0 Å². The van der Waals surface area contributed by atoms with Gasteiger partial charge in [0.15, 0.2) is 0 Å². The van der Waals surface area contributed by atoms with Crippen molar-refractivity contribution in [3.63, 3.8) is 0 Å². The van der Waals surface area contributed by atoms with E-state index in [4.69, 9.17) is 0 Å². The number of nitro groups is 1. The number of hydrogen-bond acceptors (Lipinski definition) is 3. The Hall–Kier alpha value is -0.930. The van der Waals surface area contributed by atoms with Gasteiger partial charge in [0.05, 0.1) is 0 Å². The molecule has 12 heavy (non-hydrogen) atoms. The maximum atomic E-state index is 11.0. The van der Waals surface area contributed by atoms with Crippen molar-refractivity contribution < 1.29 is 9.72 Å². The zero-order chi connectivity index (χ0) is 9.30. The molecule has 1 fully saturated rings. The topological polar surface area (TPSA) is 60.2 Å². The van der Waals surface area contributed by atoms with Gasteiger partial charge < -0.3 is 0 Å². The predicted molar refractivity (Wildman–Crippen MR) is 43.4 cm³/mol. The average Bonchev–Trinajstić information content (AvgIpc) is 2.28. The number of carbonyl (C=O) groups is 1. The summed E-state index contributed by atoms with van der Waals surface area (Å²) >= 11 is 0. The summed E-state index contributed by atoms with van der Waals surface area (Å²) in [6.07, 6.45) is 0.909. The third-order valence-corrected chi connectivity index (χ3v) is 2.70. The summed E-state index contributed by atoms with van der Waals surface area (Å²) in [6.45, 7) is 3.50. The number of hydrogen-bond donors (Lipinski definition) is 0. The quantitative estimate of drug-likeness (QED) is 0.464. The van der Waals surface area contributed by atoms with Gasteiger partial charge in [0, 0.05) is 30.6 Å². The molecule has 0 aromatic heterocycles. The minimum Gasteiger partial charge on any atom is -0.300 e. The van der Waals surface area contributed by atoms with Crippen LogP contribution in [0.2, 0.25) is 0 Å². The highest BCUT2D eigenvalue weighted by atomic mass is 16.6. The van der Waals surface area contributed by atoms with Gasteiger partial charge in [-0.15, -0.1) is 0 Å². The third-order valence-electron chi connectivity index (χ3n) is 2.70. The zero-order valence-electron chi connectivity index (χ0n) is 7.32. The minimum absolute atomic E-state index is 0.0486. The lowest BCUT2D eigenvalue weighted by molar-refractivity contribution is -0.528. The van der Waals surface area contributed by atoms with Crippen LogP contribution in [0.3, 0.4) is 0 Å². The number of Topliss-reactive ketones (excluding diaryl/α,β-unsaturated/α-hetero) is 1. The predicted octanol–water partition coefficient (Wildman–Crippen LogP) is 1.27. The van der Waals surface area contributed by atoms with Crippen LogP contribution >= 0.6 is 0 Å². The normalized spacial score (nSPS) is 32.0. The molecule has 0 amide bonds. The molecule has 68 valence electrons. The molecule has 4 heteroatoms. The number of carbonyl (C=O) groups excluding carboxylic acids is 1. The zero-order valence-corrected chi connectivity index (χ0v) is 7.32. The highest BCUT2D eigenvalue weighted by Gasteiger charge is 2.38. The van der Waals surface area contributed by atoms with Crippen LogP contribution in [0.4, 0.5) is 0 Å². The molecular weight excluding hydrogens is 158 g/mol. The smallest absolute Gasteiger partial charge is 0.213 e. The van der Waals surface area contributed by atoms with Crippen LogP contribution in [0.15, 0.2) is 0 Å². The van der Waals surface area contributed by atoms with E-state index in [1.165, 1.54) is 0 Å². The van der Waals surface area contributed by atoms with Gasteiger partial charge in [0.1, 0.15) is 5.78 Å². The standard InChI is InChI=1S/C8H13NO3/c1-5-3-7(10)4-8(5)6(2)9(11)12/h5-6,8H,3-4H2,1-2H3/t5-,6-,8+/m1/s1. The molecule has 3 atom stereocenters. The summed E-state index contributed by atoms with van der Waals surface area (Å²) in [5.74, 6) is 0.298. The fraction of sp³-hybridized carbons (Fsp3) is 0.875. The van der Waals surface area contributed by atoms with E-state index in [1.807, 2.05) is 6.92 Å². The maximum absolute atomic E-state index is 11.0. The summed E-state index contributed by atoms with van der Waals surface area (Å²) in [5, 5.41) is 10.4. The summed E-state index contributed by atoms with van der Waals surface area (Å²) in [7, 11) is 0. The Morgan fingerprint density at radius 1 is 1.58 bits per heavy atom. The number of rotatable bonds is 2. The molecule has 0 heterocycles. The fourth-order valence-electron chi connectivity index (χ4n) is 1.86. The lowest BCUT2D eigenvalue weighted by Gasteiger charge is -2.14. The van der Waals surface area contributed by atoms with Gasteiger partial charge in [-0.3, -0.25) is 14.9 Å². The molecule has 0 spiro atoms. The Balaban J connectivity index is 2.63. The first-order valence-electron chi connectivity index (χ1n) is 4.17. The van der Waals surface area contributed by atoms with Crippen LogP contribution in [-0.4, -0.2) is 16.7 Å². The maximum Gasteiger partial charge on any atom is 0.213 e. The van der Waals surface area contributed by atoms with E-state index < -0.39 is 6.04 Å². The minimum atomic E-state index is -0.577. The molecule has 0 aliphatic heterocycles. The fourth-order valence-corrected chi connectivity index (χ4v) is 1.86. The van der Waals surface area contributed by atoms with Crippen molar-refractivity contribution in [2.45, 2.75) is 32.7 Å². The molecule has 0 radical (unpaired) electrons. The van der Waals surface area contributed by atoms with E-state index in [9.17, 15) is 14.9 Å². The molecule has 0 unspecified atom stereocenters. The SMILES string of the molecule is C[C@@H]1CC(=O)C[C@@H]1[C@@H](C)[N+](=O)[O-]. The van der Waals surface area contributed by atoms with Gasteiger partial charge in [-0.1, -0.05) is 6.92 Å². The second kappa shape index (κ2) is 3.21. The van der Waals surface area contributed by atoms with Gasteiger partial charge in [-0.05, 0) is 5.92 Å². The molecule has 1 rings (SSSR count). The van der Waals surface area contributed by atoms with Gasteiger partial charge in [-0.2, -0.15) is 0 Å². The second-order valence-electron chi connectivity index (χ2n) is 3.61. The second-order valence-corrected chi connectivity index (χ2v) is 3.61. The first-order valence-corrected chi connectivity index (χ1v) is 4.17. The number of ketones is 1. The summed E-state index contributed by atoms with van der Waals surface area (Å²) in [6, 6.07) is -0.577. The highest BCUT2D eigenvalue weighted by molar-refractivity contribution is 5.81. The summed E-state index contributed by atoms with van der Waals surface area (Å²) in [5.41, 5.74) is 0. The summed E-state index contributed by atoms with van der Waals surface area (Å²) in [4.78, 5) is 21.1. The Bertz CT molecular complexity index is 214. The Kier molecular flexibility index (Phi) is 2.45. The van der Waals surface area contributed by atoms with Crippen LogP contribution < -0.4 is 0 Å². The Labute approximate surface area is 71.1 Å². The molecule has 1 aliphatic carbocycles. The van der Waals surface area contributed by atoms with Crippen LogP contribution in [0.25, 0.3) is 0 Å². The molecule has 0 N–H and O–H groups in total. The molecule has 4 nitrogen and oxygen atoms in total. The van der Waals surface area contributed by atoms with E-state index in [1.54, 1.807) is 6.92 Å². The molecule has 1 saturated carbocycles.